The highest BCUT2D eigenvalue weighted by atomic mass is 16.1. The summed E-state index contributed by atoms with van der Waals surface area (Å²) in [5, 5.41) is 0. The van der Waals surface area contributed by atoms with E-state index >= 15 is 0 Å². The number of benzene rings is 1. The van der Waals surface area contributed by atoms with E-state index in [2.05, 4.69) is 24.3 Å². The van der Waals surface area contributed by atoms with Crippen LogP contribution in [0.15, 0.2) is 30.3 Å². The quantitative estimate of drug-likeness (QED) is 0.712. The Kier molecular flexibility index (Phi) is 4.00. The molecule has 2 unspecified atom stereocenters. The predicted octanol–water partition coefficient (Wildman–Crippen LogP) is 4.72. The van der Waals surface area contributed by atoms with Crippen LogP contribution in [0.1, 0.15) is 62.8 Å². The van der Waals surface area contributed by atoms with Gasteiger partial charge >= 0.3 is 0 Å². The predicted molar refractivity (Wildman–Crippen MR) is 78.1 cm³/mol. The number of rotatable bonds is 4. The highest BCUT2D eigenvalue weighted by Crippen LogP contribution is 2.49. The highest BCUT2D eigenvalue weighted by Gasteiger charge is 2.43. The second kappa shape index (κ2) is 5.90. The molecule has 2 atom stereocenters. The Morgan fingerprint density at radius 3 is 2.37 bits per heavy atom. The molecule has 1 heteroatoms. The van der Waals surface area contributed by atoms with Gasteiger partial charge < -0.3 is 0 Å². The van der Waals surface area contributed by atoms with E-state index in [-0.39, 0.29) is 0 Å². The van der Waals surface area contributed by atoms with Crippen molar-refractivity contribution in [3.63, 3.8) is 0 Å². The van der Waals surface area contributed by atoms with Crippen LogP contribution in [-0.4, -0.2) is 5.78 Å². The Hall–Kier alpha value is -1.11. The van der Waals surface area contributed by atoms with E-state index in [0.29, 0.717) is 23.5 Å². The van der Waals surface area contributed by atoms with Gasteiger partial charge in [-0.2, -0.15) is 0 Å². The molecule has 1 aromatic carbocycles. The van der Waals surface area contributed by atoms with Crippen molar-refractivity contribution in [2.75, 3.05) is 0 Å². The van der Waals surface area contributed by atoms with Crippen molar-refractivity contribution in [2.24, 2.45) is 11.8 Å². The first kappa shape index (κ1) is 12.9. The minimum Gasteiger partial charge on any atom is -0.299 e. The monoisotopic (exact) mass is 256 g/mol. The molecule has 0 amide bonds. The van der Waals surface area contributed by atoms with Crippen LogP contribution in [0.3, 0.4) is 0 Å². The SMILES string of the molecule is O=C(CC1CCCCCC1)C1CC1c1ccccc1. The molecule has 1 aromatic rings. The van der Waals surface area contributed by atoms with Gasteiger partial charge in [-0.3, -0.25) is 4.79 Å². The van der Waals surface area contributed by atoms with E-state index in [1.807, 2.05) is 6.07 Å². The number of ketones is 1. The van der Waals surface area contributed by atoms with Gasteiger partial charge in [-0.05, 0) is 23.8 Å². The molecule has 0 aliphatic heterocycles. The van der Waals surface area contributed by atoms with Gasteiger partial charge in [0.05, 0.1) is 0 Å². The maximum Gasteiger partial charge on any atom is 0.136 e. The van der Waals surface area contributed by atoms with Crippen LogP contribution in [0.25, 0.3) is 0 Å². The maximum absolute atomic E-state index is 12.4. The van der Waals surface area contributed by atoms with Gasteiger partial charge in [0.15, 0.2) is 0 Å². The third-order valence-corrected chi connectivity index (χ3v) is 4.90. The zero-order chi connectivity index (χ0) is 13.1. The normalized spacial score (nSPS) is 27.8. The summed E-state index contributed by atoms with van der Waals surface area (Å²) in [6.45, 7) is 0. The first-order valence-electron chi connectivity index (χ1n) is 7.92. The Balaban J connectivity index is 1.52. The van der Waals surface area contributed by atoms with Gasteiger partial charge in [0, 0.05) is 12.3 Å². The summed E-state index contributed by atoms with van der Waals surface area (Å²) >= 11 is 0. The second-order valence-corrected chi connectivity index (χ2v) is 6.39. The molecule has 0 heterocycles. The van der Waals surface area contributed by atoms with Crippen LogP contribution in [-0.2, 0) is 4.79 Å². The lowest BCUT2D eigenvalue weighted by Gasteiger charge is -2.12. The lowest BCUT2D eigenvalue weighted by atomic mass is 9.92. The van der Waals surface area contributed by atoms with Gasteiger partial charge in [0.25, 0.3) is 0 Å². The van der Waals surface area contributed by atoms with Gasteiger partial charge in [-0.25, -0.2) is 0 Å². The fourth-order valence-electron chi connectivity index (χ4n) is 3.62. The lowest BCUT2D eigenvalue weighted by Crippen LogP contribution is -2.10. The summed E-state index contributed by atoms with van der Waals surface area (Å²) in [6, 6.07) is 10.6. The highest BCUT2D eigenvalue weighted by molar-refractivity contribution is 5.85. The molecule has 0 N–H and O–H groups in total. The van der Waals surface area contributed by atoms with Gasteiger partial charge in [-0.1, -0.05) is 68.9 Å². The molecule has 2 aliphatic rings. The van der Waals surface area contributed by atoms with Gasteiger partial charge in [-0.15, -0.1) is 0 Å². The van der Waals surface area contributed by atoms with E-state index in [0.717, 1.165) is 12.8 Å². The third-order valence-electron chi connectivity index (χ3n) is 4.90. The van der Waals surface area contributed by atoms with Crippen molar-refractivity contribution in [3.05, 3.63) is 35.9 Å². The van der Waals surface area contributed by atoms with Crippen molar-refractivity contribution < 1.29 is 4.79 Å². The molecular weight excluding hydrogens is 232 g/mol. The van der Waals surface area contributed by atoms with Crippen LogP contribution >= 0.6 is 0 Å². The minimum atomic E-state index is 0.339. The first-order chi connectivity index (χ1) is 9.34. The van der Waals surface area contributed by atoms with E-state index < -0.39 is 0 Å². The molecule has 0 aromatic heterocycles. The summed E-state index contributed by atoms with van der Waals surface area (Å²) in [7, 11) is 0. The van der Waals surface area contributed by atoms with Crippen LogP contribution < -0.4 is 0 Å². The Morgan fingerprint density at radius 2 is 1.68 bits per heavy atom. The fourth-order valence-corrected chi connectivity index (χ4v) is 3.62. The summed E-state index contributed by atoms with van der Waals surface area (Å²) in [4.78, 5) is 12.4. The molecular formula is C18H24O. The van der Waals surface area contributed by atoms with Crippen molar-refractivity contribution in [2.45, 2.75) is 57.3 Å². The van der Waals surface area contributed by atoms with Crippen molar-refractivity contribution in [1.82, 2.24) is 0 Å². The molecule has 0 saturated heterocycles. The number of carbonyl (C=O) groups excluding carboxylic acids is 1. The maximum atomic E-state index is 12.4. The van der Waals surface area contributed by atoms with Crippen LogP contribution in [0, 0.1) is 11.8 Å². The number of hydrogen-bond acceptors (Lipinski definition) is 1. The Labute approximate surface area is 116 Å². The molecule has 2 aliphatic carbocycles. The zero-order valence-electron chi connectivity index (χ0n) is 11.7. The van der Waals surface area contributed by atoms with Crippen molar-refractivity contribution >= 4 is 5.78 Å². The summed E-state index contributed by atoms with van der Waals surface area (Å²) in [5.41, 5.74) is 1.36. The standard InChI is InChI=1S/C18H24O/c19-18(12-14-8-4-1-2-5-9-14)17-13-16(17)15-10-6-3-7-11-15/h3,6-7,10-11,14,16-17H,1-2,4-5,8-9,12-13H2. The number of hydrogen-bond donors (Lipinski definition) is 0. The fraction of sp³-hybridized carbons (Fsp3) is 0.611. The average Bonchev–Trinajstić information content (AvgIpc) is 3.24. The third kappa shape index (κ3) is 3.26. The zero-order valence-corrected chi connectivity index (χ0v) is 11.7. The number of carbonyl (C=O) groups is 1. The van der Waals surface area contributed by atoms with E-state index in [9.17, 15) is 4.79 Å². The largest absolute Gasteiger partial charge is 0.299 e. The molecule has 0 bridgehead atoms. The number of Topliss-reactive ketones (excluding diaryl/α,β-unsaturated/α-hetero) is 1. The minimum absolute atomic E-state index is 0.339. The average molecular weight is 256 g/mol. The molecule has 2 fully saturated rings. The van der Waals surface area contributed by atoms with Gasteiger partial charge in [0.2, 0.25) is 0 Å². The Morgan fingerprint density at radius 1 is 1.00 bits per heavy atom. The first-order valence-corrected chi connectivity index (χ1v) is 7.92. The molecule has 102 valence electrons. The second-order valence-electron chi connectivity index (χ2n) is 6.39. The lowest BCUT2D eigenvalue weighted by molar-refractivity contribution is -0.121. The Bertz CT molecular complexity index is 415. The molecule has 3 rings (SSSR count). The molecule has 2 saturated carbocycles. The molecule has 1 nitrogen and oxygen atoms in total. The molecule has 0 spiro atoms. The molecule has 0 radical (unpaired) electrons. The van der Waals surface area contributed by atoms with Crippen LogP contribution in [0.2, 0.25) is 0 Å². The van der Waals surface area contributed by atoms with Gasteiger partial charge in [0.1, 0.15) is 5.78 Å². The van der Waals surface area contributed by atoms with E-state index in [1.54, 1.807) is 0 Å². The van der Waals surface area contributed by atoms with Crippen molar-refractivity contribution in [1.29, 1.82) is 0 Å². The van der Waals surface area contributed by atoms with E-state index in [1.165, 1.54) is 44.1 Å². The van der Waals surface area contributed by atoms with Crippen LogP contribution in [0.5, 0.6) is 0 Å². The smallest absolute Gasteiger partial charge is 0.136 e. The summed E-state index contributed by atoms with van der Waals surface area (Å²) in [6.07, 6.45) is 9.95. The molecule has 19 heavy (non-hydrogen) atoms. The summed E-state index contributed by atoms with van der Waals surface area (Å²) in [5.74, 6) is 2.10. The topological polar surface area (TPSA) is 17.1 Å². The van der Waals surface area contributed by atoms with E-state index in [4.69, 9.17) is 0 Å². The van der Waals surface area contributed by atoms with Crippen LogP contribution in [0.4, 0.5) is 0 Å². The summed E-state index contributed by atoms with van der Waals surface area (Å²) < 4.78 is 0. The van der Waals surface area contributed by atoms with Crippen molar-refractivity contribution in [3.8, 4) is 0 Å².